The Kier molecular flexibility index (Phi) is 3.25. The van der Waals surface area contributed by atoms with Crippen molar-refractivity contribution in [3.8, 4) is 0 Å². The minimum atomic E-state index is -0.784. The number of rotatable bonds is 1. The van der Waals surface area contributed by atoms with Crippen LogP contribution in [0.25, 0.3) is 0 Å². The summed E-state index contributed by atoms with van der Waals surface area (Å²) >= 11 is 0. The summed E-state index contributed by atoms with van der Waals surface area (Å²) in [4.78, 5) is 0. The average molecular weight is 312 g/mol. The second-order valence-corrected chi connectivity index (χ2v) is 7.27. The molecule has 4 aliphatic rings. The van der Waals surface area contributed by atoms with Crippen LogP contribution in [-0.2, 0) is 28.4 Å². The van der Waals surface area contributed by atoms with E-state index in [1.165, 1.54) is 0 Å². The molecule has 5 atom stereocenters. The highest BCUT2D eigenvalue weighted by Gasteiger charge is 2.66. The normalized spacial score (nSPS) is 48.9. The van der Waals surface area contributed by atoms with Crippen LogP contribution in [0.3, 0.4) is 0 Å². The summed E-state index contributed by atoms with van der Waals surface area (Å²) in [7, 11) is 0. The van der Waals surface area contributed by atoms with Crippen molar-refractivity contribution < 1.29 is 28.4 Å². The molecule has 3 fully saturated rings. The fourth-order valence-corrected chi connectivity index (χ4v) is 3.74. The van der Waals surface area contributed by atoms with Crippen LogP contribution < -0.4 is 0 Å². The van der Waals surface area contributed by atoms with E-state index in [9.17, 15) is 0 Å². The lowest BCUT2D eigenvalue weighted by Crippen LogP contribution is -2.46. The van der Waals surface area contributed by atoms with E-state index in [0.717, 1.165) is 0 Å². The van der Waals surface area contributed by atoms with Gasteiger partial charge >= 0.3 is 0 Å². The van der Waals surface area contributed by atoms with E-state index in [0.29, 0.717) is 19.6 Å². The first-order chi connectivity index (χ1) is 10.3. The molecule has 4 aliphatic heterocycles. The van der Waals surface area contributed by atoms with Crippen LogP contribution in [0.2, 0.25) is 0 Å². The number of ether oxygens (including phenoxy) is 6. The largest absolute Gasteiger partial charge is 0.348 e. The molecule has 124 valence electrons. The molecule has 4 heterocycles. The van der Waals surface area contributed by atoms with Crippen molar-refractivity contribution in [2.75, 3.05) is 13.2 Å². The Labute approximate surface area is 130 Å². The highest BCUT2D eigenvalue weighted by molar-refractivity contribution is 5.10. The van der Waals surface area contributed by atoms with Gasteiger partial charge in [-0.05, 0) is 27.7 Å². The lowest BCUT2D eigenvalue weighted by Gasteiger charge is -2.36. The SMILES string of the molecule is CC1(C)OC[C@H]([C@H]2O[C@@]3(CC=CCO3)[C@H]3OC(C)(C)O[C@@H]23)O1. The average Bonchev–Trinajstić information content (AvgIpc) is 3.04. The van der Waals surface area contributed by atoms with Gasteiger partial charge in [0.1, 0.15) is 24.4 Å². The van der Waals surface area contributed by atoms with Crippen molar-refractivity contribution >= 4 is 0 Å². The second-order valence-electron chi connectivity index (χ2n) is 7.27. The van der Waals surface area contributed by atoms with E-state index in [1.807, 2.05) is 33.8 Å². The summed E-state index contributed by atoms with van der Waals surface area (Å²) in [5.74, 6) is -2.03. The van der Waals surface area contributed by atoms with Crippen LogP contribution in [-0.4, -0.2) is 55.0 Å². The maximum Gasteiger partial charge on any atom is 0.201 e. The van der Waals surface area contributed by atoms with E-state index in [1.54, 1.807) is 0 Å². The minimum absolute atomic E-state index is 0.186. The van der Waals surface area contributed by atoms with E-state index < -0.39 is 17.4 Å². The molecule has 0 aromatic heterocycles. The predicted octanol–water partition coefficient (Wildman–Crippen LogP) is 1.73. The van der Waals surface area contributed by atoms with Gasteiger partial charge in [0.25, 0.3) is 0 Å². The fourth-order valence-electron chi connectivity index (χ4n) is 3.74. The van der Waals surface area contributed by atoms with Crippen molar-refractivity contribution in [2.45, 2.75) is 75.9 Å². The maximum atomic E-state index is 6.30. The Balaban J connectivity index is 1.62. The molecule has 0 amide bonds. The lowest BCUT2D eigenvalue weighted by molar-refractivity contribution is -0.300. The highest BCUT2D eigenvalue weighted by atomic mass is 16.8. The molecule has 0 N–H and O–H groups in total. The van der Waals surface area contributed by atoms with Gasteiger partial charge in [0, 0.05) is 6.42 Å². The summed E-state index contributed by atoms with van der Waals surface area (Å²) < 4.78 is 36.2. The fraction of sp³-hybridized carbons (Fsp3) is 0.875. The monoisotopic (exact) mass is 312 g/mol. The quantitative estimate of drug-likeness (QED) is 0.687. The van der Waals surface area contributed by atoms with Gasteiger partial charge in [0.2, 0.25) is 5.79 Å². The molecule has 0 radical (unpaired) electrons. The molecule has 0 saturated carbocycles. The van der Waals surface area contributed by atoms with Crippen molar-refractivity contribution in [1.82, 2.24) is 0 Å². The van der Waals surface area contributed by atoms with E-state index >= 15 is 0 Å². The molecular formula is C16H24O6. The van der Waals surface area contributed by atoms with Crippen LogP contribution in [0.5, 0.6) is 0 Å². The Morgan fingerprint density at radius 3 is 2.27 bits per heavy atom. The number of hydrogen-bond acceptors (Lipinski definition) is 6. The third-order valence-corrected chi connectivity index (χ3v) is 4.61. The molecule has 0 aromatic carbocycles. The lowest BCUT2D eigenvalue weighted by atomic mass is 9.99. The molecular weight excluding hydrogens is 288 g/mol. The van der Waals surface area contributed by atoms with Gasteiger partial charge in [-0.3, -0.25) is 0 Å². The number of fused-ring (bicyclic) bond motifs is 2. The first kappa shape index (κ1) is 15.1. The first-order valence-corrected chi connectivity index (χ1v) is 7.95. The molecule has 3 saturated heterocycles. The van der Waals surface area contributed by atoms with Gasteiger partial charge < -0.3 is 28.4 Å². The molecule has 1 spiro atoms. The molecule has 4 rings (SSSR count). The van der Waals surface area contributed by atoms with Gasteiger partial charge in [0.15, 0.2) is 11.6 Å². The molecule has 0 unspecified atom stereocenters. The van der Waals surface area contributed by atoms with E-state index in [-0.39, 0.29) is 24.4 Å². The summed E-state index contributed by atoms with van der Waals surface area (Å²) in [5.41, 5.74) is 0. The Bertz CT molecular complexity index is 487. The summed E-state index contributed by atoms with van der Waals surface area (Å²) in [5, 5.41) is 0. The van der Waals surface area contributed by atoms with Crippen molar-refractivity contribution in [1.29, 1.82) is 0 Å². The molecule has 0 bridgehead atoms. The summed E-state index contributed by atoms with van der Waals surface area (Å²) in [6.07, 6.45) is 3.80. The minimum Gasteiger partial charge on any atom is -0.348 e. The zero-order chi connectivity index (χ0) is 15.6. The summed E-state index contributed by atoms with van der Waals surface area (Å²) in [6, 6.07) is 0. The van der Waals surface area contributed by atoms with Gasteiger partial charge in [-0.2, -0.15) is 0 Å². The molecule has 6 heteroatoms. The van der Waals surface area contributed by atoms with Crippen LogP contribution >= 0.6 is 0 Å². The predicted molar refractivity (Wildman–Crippen MR) is 76.0 cm³/mol. The first-order valence-electron chi connectivity index (χ1n) is 7.95. The van der Waals surface area contributed by atoms with Crippen LogP contribution in [0.15, 0.2) is 12.2 Å². The van der Waals surface area contributed by atoms with E-state index in [2.05, 4.69) is 6.08 Å². The zero-order valence-electron chi connectivity index (χ0n) is 13.5. The number of hydrogen-bond donors (Lipinski definition) is 0. The van der Waals surface area contributed by atoms with Crippen molar-refractivity contribution in [2.24, 2.45) is 0 Å². The molecule has 6 nitrogen and oxygen atoms in total. The summed E-state index contributed by atoms with van der Waals surface area (Å²) in [6.45, 7) is 8.66. The topological polar surface area (TPSA) is 55.4 Å². The Morgan fingerprint density at radius 1 is 0.818 bits per heavy atom. The molecule has 0 aromatic rings. The van der Waals surface area contributed by atoms with E-state index in [4.69, 9.17) is 28.4 Å². The van der Waals surface area contributed by atoms with Crippen LogP contribution in [0.4, 0.5) is 0 Å². The Hall–Kier alpha value is -0.500. The van der Waals surface area contributed by atoms with Crippen LogP contribution in [0, 0.1) is 0 Å². The third-order valence-electron chi connectivity index (χ3n) is 4.61. The Morgan fingerprint density at radius 2 is 1.64 bits per heavy atom. The van der Waals surface area contributed by atoms with Crippen LogP contribution in [0.1, 0.15) is 34.1 Å². The van der Waals surface area contributed by atoms with Gasteiger partial charge in [0.05, 0.1) is 13.2 Å². The zero-order valence-corrected chi connectivity index (χ0v) is 13.5. The highest BCUT2D eigenvalue weighted by Crippen LogP contribution is 2.49. The van der Waals surface area contributed by atoms with Gasteiger partial charge in [-0.1, -0.05) is 12.2 Å². The molecule has 0 aliphatic carbocycles. The van der Waals surface area contributed by atoms with Gasteiger partial charge in [-0.25, -0.2) is 0 Å². The van der Waals surface area contributed by atoms with Crippen molar-refractivity contribution in [3.05, 3.63) is 12.2 Å². The molecule has 22 heavy (non-hydrogen) atoms. The standard InChI is InChI=1S/C16H24O6/c1-14(2)18-9-10(19-14)11-12-13(22-15(3,4)20-12)16(21-11)7-5-6-8-17-16/h5-6,10-13H,7-9H2,1-4H3/t10-,11-,12+,13+,16+/m1/s1. The third kappa shape index (κ3) is 2.33. The maximum absolute atomic E-state index is 6.30. The smallest absolute Gasteiger partial charge is 0.201 e. The van der Waals surface area contributed by atoms with Crippen molar-refractivity contribution in [3.63, 3.8) is 0 Å². The second kappa shape index (κ2) is 4.75. The van der Waals surface area contributed by atoms with Gasteiger partial charge in [-0.15, -0.1) is 0 Å².